The molecule has 1 aliphatic heterocycles. The highest BCUT2D eigenvalue weighted by Gasteiger charge is 2.23. The Kier molecular flexibility index (Phi) is 3.62. The van der Waals surface area contributed by atoms with E-state index in [1.165, 1.54) is 16.7 Å². The molecule has 1 aliphatic rings. The SMILES string of the molecule is CCN(Cc1cccc(C)c1C)C1CNC1. The lowest BCUT2D eigenvalue weighted by Gasteiger charge is -2.38. The lowest BCUT2D eigenvalue weighted by Crippen LogP contribution is -2.56. The molecule has 0 aliphatic carbocycles. The van der Waals surface area contributed by atoms with E-state index in [1.807, 2.05) is 0 Å². The van der Waals surface area contributed by atoms with Crippen LogP contribution in [0.5, 0.6) is 0 Å². The molecule has 0 saturated carbocycles. The van der Waals surface area contributed by atoms with Crippen LogP contribution < -0.4 is 5.32 Å². The molecule has 0 aromatic heterocycles. The lowest BCUT2D eigenvalue weighted by molar-refractivity contribution is 0.145. The molecule has 1 aromatic rings. The van der Waals surface area contributed by atoms with E-state index in [4.69, 9.17) is 0 Å². The number of nitrogens with one attached hydrogen (secondary N) is 1. The molecular formula is C14H22N2. The van der Waals surface area contributed by atoms with Gasteiger partial charge in [-0.1, -0.05) is 25.1 Å². The van der Waals surface area contributed by atoms with Gasteiger partial charge in [-0.25, -0.2) is 0 Å². The molecule has 0 atom stereocenters. The fourth-order valence-electron chi connectivity index (χ4n) is 2.23. The van der Waals surface area contributed by atoms with Crippen LogP contribution in [0.1, 0.15) is 23.6 Å². The largest absolute Gasteiger partial charge is 0.314 e. The molecule has 0 spiro atoms. The first-order valence-corrected chi connectivity index (χ1v) is 6.22. The van der Waals surface area contributed by atoms with Gasteiger partial charge < -0.3 is 5.32 Å². The van der Waals surface area contributed by atoms with Crippen molar-refractivity contribution in [3.63, 3.8) is 0 Å². The van der Waals surface area contributed by atoms with Crippen molar-refractivity contribution in [1.82, 2.24) is 10.2 Å². The third-order valence-corrected chi connectivity index (χ3v) is 3.77. The number of rotatable bonds is 4. The molecule has 1 N–H and O–H groups in total. The summed E-state index contributed by atoms with van der Waals surface area (Å²) in [6.45, 7) is 11.2. The highest BCUT2D eigenvalue weighted by Crippen LogP contribution is 2.17. The van der Waals surface area contributed by atoms with Crippen molar-refractivity contribution in [1.29, 1.82) is 0 Å². The van der Waals surface area contributed by atoms with Crippen molar-refractivity contribution in [2.45, 2.75) is 33.4 Å². The van der Waals surface area contributed by atoms with E-state index in [2.05, 4.69) is 49.2 Å². The first kappa shape index (κ1) is 11.6. The van der Waals surface area contributed by atoms with Crippen LogP contribution in [0.15, 0.2) is 18.2 Å². The fraction of sp³-hybridized carbons (Fsp3) is 0.571. The monoisotopic (exact) mass is 218 g/mol. The number of aryl methyl sites for hydroxylation is 1. The van der Waals surface area contributed by atoms with E-state index >= 15 is 0 Å². The van der Waals surface area contributed by atoms with E-state index in [0.717, 1.165) is 32.2 Å². The molecule has 1 aromatic carbocycles. The molecule has 1 heterocycles. The number of hydrogen-bond acceptors (Lipinski definition) is 2. The smallest absolute Gasteiger partial charge is 0.0348 e. The van der Waals surface area contributed by atoms with E-state index in [-0.39, 0.29) is 0 Å². The molecule has 88 valence electrons. The first-order valence-electron chi connectivity index (χ1n) is 6.22. The minimum absolute atomic E-state index is 0.741. The molecular weight excluding hydrogens is 196 g/mol. The molecule has 0 amide bonds. The van der Waals surface area contributed by atoms with Crippen LogP contribution in [0.3, 0.4) is 0 Å². The van der Waals surface area contributed by atoms with Gasteiger partial charge in [0.2, 0.25) is 0 Å². The van der Waals surface area contributed by atoms with Crippen LogP contribution in [-0.2, 0) is 6.54 Å². The normalized spacial score (nSPS) is 16.5. The third kappa shape index (κ3) is 2.28. The maximum atomic E-state index is 3.35. The van der Waals surface area contributed by atoms with E-state index < -0.39 is 0 Å². The Hall–Kier alpha value is -0.860. The quantitative estimate of drug-likeness (QED) is 0.832. The fourth-order valence-corrected chi connectivity index (χ4v) is 2.23. The van der Waals surface area contributed by atoms with Gasteiger partial charge in [-0.3, -0.25) is 4.90 Å². The van der Waals surface area contributed by atoms with Gasteiger partial charge in [0.15, 0.2) is 0 Å². The summed E-state index contributed by atoms with van der Waals surface area (Å²) < 4.78 is 0. The Morgan fingerprint density at radius 3 is 2.62 bits per heavy atom. The van der Waals surface area contributed by atoms with E-state index in [0.29, 0.717) is 0 Å². The second-order valence-electron chi connectivity index (χ2n) is 4.73. The minimum Gasteiger partial charge on any atom is -0.314 e. The zero-order valence-corrected chi connectivity index (χ0v) is 10.6. The Morgan fingerprint density at radius 1 is 1.31 bits per heavy atom. The molecule has 2 rings (SSSR count). The van der Waals surface area contributed by atoms with Gasteiger partial charge in [0.1, 0.15) is 0 Å². The van der Waals surface area contributed by atoms with Crippen molar-refractivity contribution < 1.29 is 0 Å². The molecule has 0 unspecified atom stereocenters. The third-order valence-electron chi connectivity index (χ3n) is 3.77. The summed E-state index contributed by atoms with van der Waals surface area (Å²) in [5, 5.41) is 3.35. The number of hydrogen-bond donors (Lipinski definition) is 1. The van der Waals surface area contributed by atoms with Crippen molar-refractivity contribution >= 4 is 0 Å². The molecule has 0 radical (unpaired) electrons. The number of nitrogens with zero attached hydrogens (tertiary/aromatic N) is 1. The van der Waals surface area contributed by atoms with Crippen LogP contribution >= 0.6 is 0 Å². The number of benzene rings is 1. The van der Waals surface area contributed by atoms with Crippen molar-refractivity contribution in [3.05, 3.63) is 34.9 Å². The Balaban J connectivity index is 2.09. The maximum Gasteiger partial charge on any atom is 0.0348 e. The summed E-state index contributed by atoms with van der Waals surface area (Å²) in [7, 11) is 0. The van der Waals surface area contributed by atoms with Gasteiger partial charge >= 0.3 is 0 Å². The highest BCUT2D eigenvalue weighted by molar-refractivity contribution is 5.33. The molecule has 16 heavy (non-hydrogen) atoms. The van der Waals surface area contributed by atoms with Crippen LogP contribution in [0.25, 0.3) is 0 Å². The van der Waals surface area contributed by atoms with Crippen molar-refractivity contribution in [2.24, 2.45) is 0 Å². The highest BCUT2D eigenvalue weighted by atomic mass is 15.2. The van der Waals surface area contributed by atoms with Crippen LogP contribution in [0.4, 0.5) is 0 Å². The molecule has 0 bridgehead atoms. The van der Waals surface area contributed by atoms with Crippen molar-refractivity contribution in [3.8, 4) is 0 Å². The zero-order chi connectivity index (χ0) is 11.5. The molecule has 1 fully saturated rings. The molecule has 1 saturated heterocycles. The Morgan fingerprint density at radius 2 is 2.06 bits per heavy atom. The van der Waals surface area contributed by atoms with Gasteiger partial charge in [-0.05, 0) is 37.1 Å². The van der Waals surface area contributed by atoms with Gasteiger partial charge in [-0.15, -0.1) is 0 Å². The second-order valence-corrected chi connectivity index (χ2v) is 4.73. The summed E-state index contributed by atoms with van der Waals surface area (Å²) in [4.78, 5) is 2.57. The van der Waals surface area contributed by atoms with Gasteiger partial charge in [0.25, 0.3) is 0 Å². The standard InChI is InChI=1S/C14H22N2/c1-4-16(14-8-15-9-14)10-13-7-5-6-11(2)12(13)3/h5-7,14-15H,4,8-10H2,1-3H3. The topological polar surface area (TPSA) is 15.3 Å². The first-order chi connectivity index (χ1) is 7.72. The van der Waals surface area contributed by atoms with Gasteiger partial charge in [0.05, 0.1) is 0 Å². The second kappa shape index (κ2) is 4.98. The van der Waals surface area contributed by atoms with Crippen LogP contribution in [0.2, 0.25) is 0 Å². The van der Waals surface area contributed by atoms with Gasteiger partial charge in [-0.2, -0.15) is 0 Å². The maximum absolute atomic E-state index is 3.35. The average molecular weight is 218 g/mol. The zero-order valence-electron chi connectivity index (χ0n) is 10.6. The summed E-state index contributed by atoms with van der Waals surface area (Å²) in [6.07, 6.45) is 0. The summed E-state index contributed by atoms with van der Waals surface area (Å²) in [5.41, 5.74) is 4.34. The summed E-state index contributed by atoms with van der Waals surface area (Å²) >= 11 is 0. The van der Waals surface area contributed by atoms with E-state index in [9.17, 15) is 0 Å². The van der Waals surface area contributed by atoms with Crippen LogP contribution in [0, 0.1) is 13.8 Å². The summed E-state index contributed by atoms with van der Waals surface area (Å²) in [5.74, 6) is 0. The van der Waals surface area contributed by atoms with Gasteiger partial charge in [0, 0.05) is 25.7 Å². The van der Waals surface area contributed by atoms with Crippen molar-refractivity contribution in [2.75, 3.05) is 19.6 Å². The molecule has 2 nitrogen and oxygen atoms in total. The molecule has 2 heteroatoms. The number of likely N-dealkylation sites (N-methyl/N-ethyl adjacent to an activating group) is 1. The summed E-state index contributed by atoms with van der Waals surface area (Å²) in [6, 6.07) is 7.37. The van der Waals surface area contributed by atoms with E-state index in [1.54, 1.807) is 0 Å². The lowest BCUT2D eigenvalue weighted by atomic mass is 10.0. The Labute approximate surface area is 98.7 Å². The van der Waals surface area contributed by atoms with Crippen LogP contribution in [-0.4, -0.2) is 30.6 Å². The predicted octanol–water partition coefficient (Wildman–Crippen LogP) is 2.10. The Bertz CT molecular complexity index is 356. The predicted molar refractivity (Wildman–Crippen MR) is 68.7 cm³/mol. The average Bonchev–Trinajstić information content (AvgIpc) is 2.21. The minimum atomic E-state index is 0.741.